The Labute approximate surface area is 152 Å². The second-order valence-electron chi connectivity index (χ2n) is 5.99. The summed E-state index contributed by atoms with van der Waals surface area (Å²) < 4.78 is 1.99. The molecule has 0 saturated heterocycles. The zero-order valence-corrected chi connectivity index (χ0v) is 15.9. The maximum absolute atomic E-state index is 6.02. The average molecular weight is 360 g/mol. The molecule has 5 heteroatoms. The fourth-order valence-electron chi connectivity index (χ4n) is 2.80. The van der Waals surface area contributed by atoms with E-state index in [-0.39, 0.29) is 0 Å². The van der Waals surface area contributed by atoms with Gasteiger partial charge in [0.1, 0.15) is 5.03 Å². The molecule has 2 heterocycles. The van der Waals surface area contributed by atoms with Crippen LogP contribution in [0.5, 0.6) is 0 Å². The van der Waals surface area contributed by atoms with Crippen LogP contribution in [0, 0.1) is 13.8 Å². The number of halogens is 1. The molecule has 0 aliphatic heterocycles. The van der Waals surface area contributed by atoms with E-state index in [1.54, 1.807) is 0 Å². The summed E-state index contributed by atoms with van der Waals surface area (Å²) in [5, 5.41) is 6.66. The number of nitrogens with zero attached hydrogens (tertiary/aromatic N) is 3. The van der Waals surface area contributed by atoms with Crippen LogP contribution in [0.1, 0.15) is 37.6 Å². The molecule has 0 atom stereocenters. The van der Waals surface area contributed by atoms with Crippen molar-refractivity contribution >= 4 is 29.0 Å². The Morgan fingerprint density at radius 3 is 2.58 bits per heavy atom. The zero-order chi connectivity index (χ0) is 17.1. The lowest BCUT2D eigenvalue weighted by Crippen LogP contribution is -1.98. The summed E-state index contributed by atoms with van der Waals surface area (Å²) in [5.41, 5.74) is 5.13. The normalized spacial score (nSPS) is 11.3. The first kappa shape index (κ1) is 17.3. The van der Waals surface area contributed by atoms with Crippen LogP contribution in [-0.2, 0) is 0 Å². The molecule has 3 aromatic rings. The SMILES string of the molecule is CCCCCSc1cc(C)nc2c(-c3ccc(Cl)cc3)c(C)nn12. The van der Waals surface area contributed by atoms with E-state index in [1.165, 1.54) is 19.3 Å². The van der Waals surface area contributed by atoms with Gasteiger partial charge in [0.05, 0.1) is 5.69 Å². The van der Waals surface area contributed by atoms with Gasteiger partial charge in [-0.3, -0.25) is 0 Å². The Hall–Kier alpha value is -1.52. The number of fused-ring (bicyclic) bond motifs is 1. The predicted octanol–water partition coefficient (Wildman–Crippen LogP) is 5.95. The molecule has 0 aliphatic rings. The van der Waals surface area contributed by atoms with E-state index >= 15 is 0 Å². The van der Waals surface area contributed by atoms with Gasteiger partial charge in [-0.2, -0.15) is 5.10 Å². The molecule has 24 heavy (non-hydrogen) atoms. The van der Waals surface area contributed by atoms with Gasteiger partial charge in [0.2, 0.25) is 0 Å². The smallest absolute Gasteiger partial charge is 0.164 e. The maximum atomic E-state index is 6.02. The van der Waals surface area contributed by atoms with Crippen molar-refractivity contribution in [1.82, 2.24) is 14.6 Å². The summed E-state index contributed by atoms with van der Waals surface area (Å²) >= 11 is 7.89. The summed E-state index contributed by atoms with van der Waals surface area (Å²) in [7, 11) is 0. The fourth-order valence-corrected chi connectivity index (χ4v) is 3.98. The molecule has 0 radical (unpaired) electrons. The van der Waals surface area contributed by atoms with Gasteiger partial charge in [0.25, 0.3) is 0 Å². The molecular weight excluding hydrogens is 338 g/mol. The predicted molar refractivity (Wildman–Crippen MR) is 103 cm³/mol. The fraction of sp³-hybridized carbons (Fsp3) is 0.368. The largest absolute Gasteiger partial charge is 0.233 e. The molecule has 0 unspecified atom stereocenters. The minimum Gasteiger partial charge on any atom is -0.233 e. The quantitative estimate of drug-likeness (QED) is 0.309. The molecule has 0 spiro atoms. The van der Waals surface area contributed by atoms with Crippen LogP contribution < -0.4 is 0 Å². The van der Waals surface area contributed by atoms with Crippen molar-refractivity contribution in [3.63, 3.8) is 0 Å². The molecule has 3 rings (SSSR count). The van der Waals surface area contributed by atoms with Crippen LogP contribution in [-0.4, -0.2) is 20.4 Å². The van der Waals surface area contributed by atoms with Crippen molar-refractivity contribution in [3.05, 3.63) is 46.7 Å². The molecule has 2 aromatic heterocycles. The van der Waals surface area contributed by atoms with Crippen LogP contribution in [0.2, 0.25) is 5.02 Å². The molecule has 0 aliphatic carbocycles. The number of aromatic nitrogens is 3. The topological polar surface area (TPSA) is 30.2 Å². The molecule has 0 saturated carbocycles. The number of benzene rings is 1. The Bertz CT molecular complexity index is 840. The van der Waals surface area contributed by atoms with Gasteiger partial charge in [-0.15, -0.1) is 11.8 Å². The third-order valence-electron chi connectivity index (χ3n) is 3.99. The molecule has 0 N–H and O–H groups in total. The van der Waals surface area contributed by atoms with Crippen LogP contribution in [0.4, 0.5) is 0 Å². The van der Waals surface area contributed by atoms with Gasteiger partial charge in [0.15, 0.2) is 5.65 Å². The molecule has 1 aromatic carbocycles. The van der Waals surface area contributed by atoms with E-state index in [1.807, 2.05) is 54.4 Å². The zero-order valence-electron chi connectivity index (χ0n) is 14.3. The lowest BCUT2D eigenvalue weighted by molar-refractivity contribution is 0.774. The first-order valence-electron chi connectivity index (χ1n) is 8.36. The van der Waals surface area contributed by atoms with Gasteiger partial charge in [-0.1, -0.05) is 43.5 Å². The second-order valence-corrected chi connectivity index (χ2v) is 7.55. The van der Waals surface area contributed by atoms with E-state index < -0.39 is 0 Å². The summed E-state index contributed by atoms with van der Waals surface area (Å²) in [6.45, 7) is 6.32. The number of hydrogen-bond donors (Lipinski definition) is 0. The number of aryl methyl sites for hydroxylation is 2. The van der Waals surface area contributed by atoms with Crippen molar-refractivity contribution in [2.24, 2.45) is 0 Å². The van der Waals surface area contributed by atoms with Crippen molar-refractivity contribution in [2.75, 3.05) is 5.75 Å². The first-order chi connectivity index (χ1) is 11.6. The molecule has 0 fully saturated rings. The lowest BCUT2D eigenvalue weighted by Gasteiger charge is -2.07. The number of hydrogen-bond acceptors (Lipinski definition) is 3. The van der Waals surface area contributed by atoms with E-state index in [0.717, 1.165) is 44.0 Å². The molecule has 3 nitrogen and oxygen atoms in total. The number of thioether (sulfide) groups is 1. The summed E-state index contributed by atoms with van der Waals surface area (Å²) in [4.78, 5) is 4.75. The van der Waals surface area contributed by atoms with Gasteiger partial charge in [-0.05, 0) is 49.8 Å². The summed E-state index contributed by atoms with van der Waals surface area (Å²) in [6.07, 6.45) is 3.75. The lowest BCUT2D eigenvalue weighted by atomic mass is 10.1. The van der Waals surface area contributed by atoms with Crippen LogP contribution in [0.15, 0.2) is 35.4 Å². The van der Waals surface area contributed by atoms with Crippen molar-refractivity contribution in [1.29, 1.82) is 0 Å². The minimum atomic E-state index is 0.740. The van der Waals surface area contributed by atoms with E-state index in [2.05, 4.69) is 13.0 Å². The van der Waals surface area contributed by atoms with Crippen molar-refractivity contribution in [3.8, 4) is 11.1 Å². The molecule has 0 bridgehead atoms. The Kier molecular flexibility index (Phi) is 5.47. The van der Waals surface area contributed by atoms with E-state index in [4.69, 9.17) is 21.7 Å². The number of rotatable bonds is 6. The van der Waals surface area contributed by atoms with Gasteiger partial charge < -0.3 is 0 Å². The summed E-state index contributed by atoms with van der Waals surface area (Å²) in [6, 6.07) is 10.0. The van der Waals surface area contributed by atoms with Crippen LogP contribution in [0.25, 0.3) is 16.8 Å². The van der Waals surface area contributed by atoms with Gasteiger partial charge in [0, 0.05) is 16.3 Å². The highest BCUT2D eigenvalue weighted by Crippen LogP contribution is 2.31. The van der Waals surface area contributed by atoms with E-state index in [9.17, 15) is 0 Å². The monoisotopic (exact) mass is 359 g/mol. The van der Waals surface area contributed by atoms with Crippen molar-refractivity contribution < 1.29 is 0 Å². The molecule has 126 valence electrons. The summed E-state index contributed by atoms with van der Waals surface area (Å²) in [5.74, 6) is 1.11. The standard InChI is InChI=1S/C19H22ClN3S/c1-4-5-6-11-24-17-12-13(2)21-19-18(14(3)22-23(17)19)15-7-9-16(20)10-8-15/h7-10,12H,4-6,11H2,1-3H3. The van der Waals surface area contributed by atoms with E-state index in [0.29, 0.717) is 0 Å². The maximum Gasteiger partial charge on any atom is 0.164 e. The average Bonchev–Trinajstić information content (AvgIpc) is 2.88. The highest BCUT2D eigenvalue weighted by molar-refractivity contribution is 7.99. The minimum absolute atomic E-state index is 0.740. The molecule has 0 amide bonds. The highest BCUT2D eigenvalue weighted by Gasteiger charge is 2.16. The third-order valence-corrected chi connectivity index (χ3v) is 5.32. The van der Waals surface area contributed by atoms with Crippen molar-refractivity contribution in [2.45, 2.75) is 45.1 Å². The molecular formula is C19H22ClN3S. The van der Waals surface area contributed by atoms with Gasteiger partial charge in [-0.25, -0.2) is 9.50 Å². The van der Waals surface area contributed by atoms with Gasteiger partial charge >= 0.3 is 0 Å². The Morgan fingerprint density at radius 1 is 1.12 bits per heavy atom. The Morgan fingerprint density at radius 2 is 1.88 bits per heavy atom. The number of unbranched alkanes of at least 4 members (excludes halogenated alkanes) is 2. The second kappa shape index (κ2) is 7.58. The third kappa shape index (κ3) is 3.60. The van der Waals surface area contributed by atoms with Crippen LogP contribution in [0.3, 0.4) is 0 Å². The Balaban J connectivity index is 2.04. The van der Waals surface area contributed by atoms with Crippen LogP contribution >= 0.6 is 23.4 Å². The highest BCUT2D eigenvalue weighted by atomic mass is 35.5. The first-order valence-corrected chi connectivity index (χ1v) is 9.72.